The molecule has 1 aromatic rings. The van der Waals surface area contributed by atoms with Crippen molar-refractivity contribution in [3.05, 3.63) is 36.4 Å². The van der Waals surface area contributed by atoms with Crippen molar-refractivity contribution in [2.75, 3.05) is 0 Å². The molecule has 1 aliphatic heterocycles. The molecule has 0 aromatic heterocycles. The van der Waals surface area contributed by atoms with Gasteiger partial charge in [-0.15, -0.1) is 6.58 Å². The number of rotatable bonds is 2. The average molecular weight is 236 g/mol. The summed E-state index contributed by atoms with van der Waals surface area (Å²) in [5.74, 6) is -0.353. The summed E-state index contributed by atoms with van der Waals surface area (Å²) in [6.07, 6.45) is 1.37. The van der Waals surface area contributed by atoms with Gasteiger partial charge in [0, 0.05) is 6.42 Å². The largest absolute Gasteiger partial charge is 0.507 e. The zero-order valence-corrected chi connectivity index (χ0v) is 9.97. The highest BCUT2D eigenvalue weighted by Gasteiger charge is 2.29. The number of aromatic hydroxyl groups is 1. The van der Waals surface area contributed by atoms with E-state index in [9.17, 15) is 9.90 Å². The Labute approximate surface area is 100 Å². The number of cyclic esters (lactones) is 1. The number of fused-ring (bicyclic) bond motifs is 1. The second-order valence-corrected chi connectivity index (χ2v) is 3.13. The van der Waals surface area contributed by atoms with Crippen LogP contribution in [0.15, 0.2) is 30.9 Å². The molecule has 0 radical (unpaired) electrons. The standard InChI is InChI=1S/C11H10O4.C2H6/c1-2-4-9-14-8-6-3-5-7(12)10(8)11(13)15-9;1-2/h2-3,5-6,9,12H,1,4H2;1-2H3. The highest BCUT2D eigenvalue weighted by atomic mass is 16.7. The van der Waals surface area contributed by atoms with Gasteiger partial charge in [0.15, 0.2) is 0 Å². The average Bonchev–Trinajstić information content (AvgIpc) is 2.31. The number of hydrogen-bond acceptors (Lipinski definition) is 4. The topological polar surface area (TPSA) is 55.8 Å². The molecule has 0 saturated carbocycles. The summed E-state index contributed by atoms with van der Waals surface area (Å²) in [6, 6.07) is 4.64. The van der Waals surface area contributed by atoms with Crippen molar-refractivity contribution in [3.63, 3.8) is 0 Å². The van der Waals surface area contributed by atoms with Gasteiger partial charge in [-0.3, -0.25) is 0 Å². The van der Waals surface area contributed by atoms with Gasteiger partial charge in [-0.2, -0.15) is 0 Å². The first-order valence-electron chi connectivity index (χ1n) is 5.53. The zero-order valence-electron chi connectivity index (χ0n) is 9.97. The van der Waals surface area contributed by atoms with Gasteiger partial charge >= 0.3 is 5.97 Å². The molecule has 4 heteroatoms. The Morgan fingerprint density at radius 3 is 2.76 bits per heavy atom. The lowest BCUT2D eigenvalue weighted by Crippen LogP contribution is -2.29. The molecule has 17 heavy (non-hydrogen) atoms. The van der Waals surface area contributed by atoms with E-state index in [0.29, 0.717) is 12.2 Å². The SMILES string of the molecule is C=CCC1OC(=O)c2c(O)cccc2O1.CC. The third kappa shape index (κ3) is 2.78. The van der Waals surface area contributed by atoms with Crippen LogP contribution in [0, 0.1) is 0 Å². The molecule has 92 valence electrons. The number of ether oxygens (including phenoxy) is 2. The van der Waals surface area contributed by atoms with Crippen LogP contribution in [0.4, 0.5) is 0 Å². The zero-order chi connectivity index (χ0) is 12.8. The summed E-state index contributed by atoms with van der Waals surface area (Å²) < 4.78 is 10.3. The van der Waals surface area contributed by atoms with E-state index in [-0.39, 0.29) is 11.3 Å². The van der Waals surface area contributed by atoms with Crippen LogP contribution >= 0.6 is 0 Å². The van der Waals surface area contributed by atoms with Gasteiger partial charge in [0.25, 0.3) is 0 Å². The second kappa shape index (κ2) is 5.94. The van der Waals surface area contributed by atoms with Crippen molar-refractivity contribution >= 4 is 5.97 Å². The van der Waals surface area contributed by atoms with E-state index in [4.69, 9.17) is 9.47 Å². The predicted octanol–water partition coefficient (Wildman–Crippen LogP) is 2.87. The molecule has 0 spiro atoms. The van der Waals surface area contributed by atoms with Crippen LogP contribution in [0.2, 0.25) is 0 Å². The van der Waals surface area contributed by atoms with Crippen LogP contribution in [-0.4, -0.2) is 17.4 Å². The minimum atomic E-state index is -0.649. The number of hydrogen-bond donors (Lipinski definition) is 1. The van der Waals surface area contributed by atoms with Gasteiger partial charge in [-0.25, -0.2) is 4.79 Å². The monoisotopic (exact) mass is 236 g/mol. The second-order valence-electron chi connectivity index (χ2n) is 3.13. The van der Waals surface area contributed by atoms with Gasteiger partial charge < -0.3 is 14.6 Å². The van der Waals surface area contributed by atoms with E-state index in [1.54, 1.807) is 18.2 Å². The Morgan fingerprint density at radius 1 is 1.41 bits per heavy atom. The van der Waals surface area contributed by atoms with E-state index in [0.717, 1.165) is 0 Å². The van der Waals surface area contributed by atoms with E-state index in [1.165, 1.54) is 6.07 Å². The van der Waals surface area contributed by atoms with Gasteiger partial charge in [0.05, 0.1) is 0 Å². The summed E-state index contributed by atoms with van der Waals surface area (Å²) >= 11 is 0. The van der Waals surface area contributed by atoms with Crippen LogP contribution in [0.5, 0.6) is 11.5 Å². The summed E-state index contributed by atoms with van der Waals surface area (Å²) in [7, 11) is 0. The van der Waals surface area contributed by atoms with Crippen LogP contribution in [-0.2, 0) is 4.74 Å². The molecule has 1 aromatic carbocycles. The number of phenolic OH excluding ortho intramolecular Hbond substituents is 1. The molecule has 1 heterocycles. The first-order chi connectivity index (χ1) is 8.22. The van der Waals surface area contributed by atoms with E-state index in [2.05, 4.69) is 6.58 Å². The van der Waals surface area contributed by atoms with Crippen molar-refractivity contribution in [2.45, 2.75) is 26.6 Å². The summed E-state index contributed by atoms with van der Waals surface area (Å²) in [6.45, 7) is 7.53. The van der Waals surface area contributed by atoms with Crippen molar-refractivity contribution < 1.29 is 19.4 Å². The molecule has 2 rings (SSSR count). The molecule has 0 aliphatic carbocycles. The fourth-order valence-electron chi connectivity index (χ4n) is 1.40. The third-order valence-corrected chi connectivity index (χ3v) is 2.06. The summed E-state index contributed by atoms with van der Waals surface area (Å²) in [5.41, 5.74) is 0.0813. The molecule has 0 saturated heterocycles. The van der Waals surface area contributed by atoms with Gasteiger partial charge in [-0.1, -0.05) is 26.0 Å². The minimum Gasteiger partial charge on any atom is -0.507 e. The molecule has 4 nitrogen and oxygen atoms in total. The number of esters is 1. The van der Waals surface area contributed by atoms with E-state index in [1.807, 2.05) is 13.8 Å². The highest BCUT2D eigenvalue weighted by molar-refractivity contribution is 5.96. The maximum atomic E-state index is 11.5. The van der Waals surface area contributed by atoms with E-state index < -0.39 is 12.3 Å². The lowest BCUT2D eigenvalue weighted by atomic mass is 10.1. The minimum absolute atomic E-state index is 0.0813. The van der Waals surface area contributed by atoms with Gasteiger partial charge in [0.2, 0.25) is 6.29 Å². The number of carbonyl (C=O) groups excluding carboxylic acids is 1. The Bertz CT molecular complexity index is 412. The van der Waals surface area contributed by atoms with Crippen LogP contribution < -0.4 is 4.74 Å². The highest BCUT2D eigenvalue weighted by Crippen LogP contribution is 2.33. The third-order valence-electron chi connectivity index (χ3n) is 2.06. The maximum absolute atomic E-state index is 11.5. The van der Waals surface area contributed by atoms with Gasteiger partial charge in [0.1, 0.15) is 17.1 Å². The lowest BCUT2D eigenvalue weighted by molar-refractivity contribution is -0.0579. The smallest absolute Gasteiger partial charge is 0.348 e. The molecule has 1 N–H and O–H groups in total. The van der Waals surface area contributed by atoms with Crippen LogP contribution in [0.1, 0.15) is 30.6 Å². The quantitative estimate of drug-likeness (QED) is 0.633. The molecule has 0 fully saturated rings. The number of phenols is 1. The number of carbonyl (C=O) groups is 1. The normalized spacial score (nSPS) is 16.8. The maximum Gasteiger partial charge on any atom is 0.348 e. The molecular weight excluding hydrogens is 220 g/mol. The van der Waals surface area contributed by atoms with Crippen LogP contribution in [0.3, 0.4) is 0 Å². The summed E-state index contributed by atoms with van der Waals surface area (Å²) in [4.78, 5) is 11.5. The first kappa shape index (κ1) is 13.1. The van der Waals surface area contributed by atoms with Crippen molar-refractivity contribution in [1.82, 2.24) is 0 Å². The Morgan fingerprint density at radius 2 is 2.12 bits per heavy atom. The summed E-state index contributed by atoms with van der Waals surface area (Å²) in [5, 5.41) is 9.44. The fraction of sp³-hybridized carbons (Fsp3) is 0.308. The molecule has 1 atom stereocenters. The Hall–Kier alpha value is -1.97. The molecular formula is C13H16O4. The first-order valence-corrected chi connectivity index (χ1v) is 5.53. The predicted molar refractivity (Wildman–Crippen MR) is 64.1 cm³/mol. The van der Waals surface area contributed by atoms with Crippen molar-refractivity contribution in [1.29, 1.82) is 0 Å². The lowest BCUT2D eigenvalue weighted by Gasteiger charge is -2.24. The van der Waals surface area contributed by atoms with Crippen molar-refractivity contribution in [3.8, 4) is 11.5 Å². The molecule has 0 amide bonds. The van der Waals surface area contributed by atoms with Gasteiger partial charge in [-0.05, 0) is 12.1 Å². The Balaban J connectivity index is 0.000000686. The van der Waals surface area contributed by atoms with Crippen molar-refractivity contribution in [2.24, 2.45) is 0 Å². The van der Waals surface area contributed by atoms with Crippen LogP contribution in [0.25, 0.3) is 0 Å². The number of benzene rings is 1. The molecule has 1 unspecified atom stereocenters. The Kier molecular flexibility index (Phi) is 4.57. The van der Waals surface area contributed by atoms with E-state index >= 15 is 0 Å². The molecule has 1 aliphatic rings. The molecule has 0 bridgehead atoms. The fourth-order valence-corrected chi connectivity index (χ4v) is 1.40.